The van der Waals surface area contributed by atoms with Crippen LogP contribution in [-0.2, 0) is 23.9 Å². The Morgan fingerprint density at radius 2 is 1.73 bits per heavy atom. The molecule has 0 spiro atoms. The highest BCUT2D eigenvalue weighted by atomic mass is 16.5. The Morgan fingerprint density at radius 1 is 1.08 bits per heavy atom. The summed E-state index contributed by atoms with van der Waals surface area (Å²) >= 11 is 0. The van der Waals surface area contributed by atoms with E-state index < -0.39 is 17.9 Å². The van der Waals surface area contributed by atoms with Crippen molar-refractivity contribution in [2.24, 2.45) is 11.7 Å². The van der Waals surface area contributed by atoms with Gasteiger partial charge in [0.15, 0.2) is 0 Å². The van der Waals surface area contributed by atoms with E-state index in [0.29, 0.717) is 28.9 Å². The summed E-state index contributed by atoms with van der Waals surface area (Å²) in [6, 6.07) is 16.0. The molecule has 3 N–H and O–H groups in total. The van der Waals surface area contributed by atoms with Crippen molar-refractivity contribution in [2.45, 2.75) is 33.1 Å². The smallest absolute Gasteiger partial charge is 0.355 e. The molecule has 1 amide bonds. The van der Waals surface area contributed by atoms with Gasteiger partial charge >= 0.3 is 11.9 Å². The van der Waals surface area contributed by atoms with Crippen LogP contribution in [-0.4, -0.2) is 32.1 Å². The van der Waals surface area contributed by atoms with Gasteiger partial charge in [0.05, 0.1) is 43.0 Å². The van der Waals surface area contributed by atoms with Crippen molar-refractivity contribution < 1.29 is 23.9 Å². The molecule has 192 valence electrons. The van der Waals surface area contributed by atoms with Gasteiger partial charge in [-0.25, -0.2) is 9.59 Å². The molecule has 3 rings (SSSR count). The van der Waals surface area contributed by atoms with Gasteiger partial charge in [0.25, 0.3) is 0 Å². The number of nitrogens with two attached hydrogens (primary N) is 1. The summed E-state index contributed by atoms with van der Waals surface area (Å²) in [7, 11) is 2.38. The van der Waals surface area contributed by atoms with Gasteiger partial charge in [-0.1, -0.05) is 50.2 Å². The van der Waals surface area contributed by atoms with Crippen LogP contribution in [0.5, 0.6) is 0 Å². The zero-order valence-corrected chi connectivity index (χ0v) is 21.5. The molecule has 0 radical (unpaired) electrons. The molecule has 37 heavy (non-hydrogen) atoms. The van der Waals surface area contributed by atoms with E-state index in [1.807, 2.05) is 13.8 Å². The average Bonchev–Trinajstić information content (AvgIpc) is 2.88. The predicted molar refractivity (Wildman–Crippen MR) is 139 cm³/mol. The number of nitrogens with one attached hydrogen (secondary N) is 1. The average molecular weight is 503 g/mol. The first-order chi connectivity index (χ1) is 17.6. The summed E-state index contributed by atoms with van der Waals surface area (Å²) < 4.78 is 10.1. The zero-order chi connectivity index (χ0) is 27.3. The monoisotopic (exact) mass is 502 g/mol. The first kappa shape index (κ1) is 27.0. The van der Waals surface area contributed by atoms with Crippen LogP contribution in [0.15, 0.2) is 71.2 Å². The number of carbonyl (C=O) groups is 3. The van der Waals surface area contributed by atoms with Gasteiger partial charge in [-0.15, -0.1) is 0 Å². The van der Waals surface area contributed by atoms with E-state index in [2.05, 4.69) is 11.4 Å². The van der Waals surface area contributed by atoms with Crippen LogP contribution in [0, 0.1) is 24.2 Å². The van der Waals surface area contributed by atoms with E-state index in [1.54, 1.807) is 55.5 Å². The molecule has 0 bridgehead atoms. The molecule has 1 atom stereocenters. The molecule has 0 aliphatic carbocycles. The number of nitrogens with zero attached hydrogens (tertiary/aromatic N) is 2. The Balaban J connectivity index is 2.32. The number of rotatable bonds is 7. The summed E-state index contributed by atoms with van der Waals surface area (Å²) in [5.41, 5.74) is 8.48. The Labute approximate surface area is 216 Å². The third kappa shape index (κ3) is 5.48. The topological polar surface area (TPSA) is 135 Å². The standard InChI is InChI=1S/C28H30N4O5/c1-16(2)13-22(33)31-19-12-11-17(3)21(14-19)32-25(28(35)37-5)24(27(34)36-4)23(20(15-29)26(32)30)18-9-7-6-8-10-18/h6-12,14,16,23H,13,30H2,1-5H3,(H,31,33). The van der Waals surface area contributed by atoms with Gasteiger partial charge in [0.1, 0.15) is 11.5 Å². The molecule has 1 heterocycles. The molecular formula is C28H30N4O5. The Kier molecular flexibility index (Phi) is 8.35. The molecule has 1 aliphatic rings. The lowest BCUT2D eigenvalue weighted by molar-refractivity contribution is -0.139. The van der Waals surface area contributed by atoms with Gasteiger partial charge in [-0.05, 0) is 36.1 Å². The van der Waals surface area contributed by atoms with Crippen molar-refractivity contribution in [3.05, 3.63) is 82.3 Å². The lowest BCUT2D eigenvalue weighted by Crippen LogP contribution is -2.41. The van der Waals surface area contributed by atoms with Gasteiger partial charge < -0.3 is 20.5 Å². The van der Waals surface area contributed by atoms with Crippen molar-refractivity contribution in [1.29, 1.82) is 5.26 Å². The van der Waals surface area contributed by atoms with Crippen molar-refractivity contribution in [2.75, 3.05) is 24.4 Å². The molecule has 2 aromatic carbocycles. The number of esters is 2. The van der Waals surface area contributed by atoms with Crippen molar-refractivity contribution in [3.63, 3.8) is 0 Å². The number of hydrogen-bond acceptors (Lipinski definition) is 8. The second kappa shape index (κ2) is 11.4. The van der Waals surface area contributed by atoms with Gasteiger partial charge in [0.2, 0.25) is 5.91 Å². The maximum absolute atomic E-state index is 13.2. The summed E-state index contributed by atoms with van der Waals surface area (Å²) in [5.74, 6) is -2.66. The first-order valence-corrected chi connectivity index (χ1v) is 11.7. The maximum Gasteiger partial charge on any atom is 0.355 e. The number of nitriles is 1. The lowest BCUT2D eigenvalue weighted by Gasteiger charge is -2.36. The highest BCUT2D eigenvalue weighted by Gasteiger charge is 2.43. The summed E-state index contributed by atoms with van der Waals surface area (Å²) in [6.45, 7) is 5.66. The summed E-state index contributed by atoms with van der Waals surface area (Å²) in [4.78, 5) is 40.1. The number of benzene rings is 2. The van der Waals surface area contributed by atoms with Crippen LogP contribution in [0.3, 0.4) is 0 Å². The molecule has 1 aliphatic heterocycles. The molecule has 0 saturated heterocycles. The van der Waals surface area contributed by atoms with Gasteiger partial charge in [0, 0.05) is 12.1 Å². The van der Waals surface area contributed by atoms with Crippen LogP contribution in [0.25, 0.3) is 0 Å². The first-order valence-electron chi connectivity index (χ1n) is 11.7. The highest BCUT2D eigenvalue weighted by molar-refractivity contribution is 6.06. The van der Waals surface area contributed by atoms with Crippen molar-refractivity contribution >= 4 is 29.2 Å². The number of methoxy groups -OCH3 is 2. The number of anilines is 2. The molecule has 9 heteroatoms. The van der Waals surface area contributed by atoms with Crippen molar-refractivity contribution in [3.8, 4) is 6.07 Å². The predicted octanol–water partition coefficient (Wildman–Crippen LogP) is 3.88. The second-order valence-electron chi connectivity index (χ2n) is 8.98. The normalized spacial score (nSPS) is 15.4. The van der Waals surface area contributed by atoms with E-state index >= 15 is 0 Å². The second-order valence-corrected chi connectivity index (χ2v) is 8.98. The number of hydrogen-bond donors (Lipinski definition) is 2. The quantitative estimate of drug-likeness (QED) is 0.545. The van der Waals surface area contributed by atoms with E-state index in [-0.39, 0.29) is 34.5 Å². The highest BCUT2D eigenvalue weighted by Crippen LogP contribution is 2.44. The lowest BCUT2D eigenvalue weighted by atomic mass is 9.80. The zero-order valence-electron chi connectivity index (χ0n) is 21.5. The van der Waals surface area contributed by atoms with E-state index in [9.17, 15) is 19.6 Å². The van der Waals surface area contributed by atoms with E-state index in [1.165, 1.54) is 19.1 Å². The Hall–Kier alpha value is -4.58. The van der Waals surface area contributed by atoms with Gasteiger partial charge in [-0.2, -0.15) is 5.26 Å². The van der Waals surface area contributed by atoms with Crippen molar-refractivity contribution in [1.82, 2.24) is 0 Å². The number of ether oxygens (including phenoxy) is 2. The molecule has 9 nitrogen and oxygen atoms in total. The Bertz CT molecular complexity index is 1320. The minimum atomic E-state index is -0.960. The van der Waals surface area contributed by atoms with E-state index in [4.69, 9.17) is 15.2 Å². The fourth-order valence-corrected chi connectivity index (χ4v) is 4.27. The van der Waals surface area contributed by atoms with E-state index in [0.717, 1.165) is 0 Å². The summed E-state index contributed by atoms with van der Waals surface area (Å²) in [5, 5.41) is 13.0. The fraction of sp³-hybridized carbons (Fsp3) is 0.286. The number of aryl methyl sites for hydroxylation is 1. The number of amides is 1. The van der Waals surface area contributed by atoms with Crippen LogP contribution in [0.2, 0.25) is 0 Å². The van der Waals surface area contributed by atoms with Gasteiger partial charge in [-0.3, -0.25) is 9.69 Å². The molecular weight excluding hydrogens is 472 g/mol. The van der Waals surface area contributed by atoms with Crippen LogP contribution in [0.4, 0.5) is 11.4 Å². The van der Waals surface area contributed by atoms with Crippen LogP contribution < -0.4 is 16.0 Å². The Morgan fingerprint density at radius 3 is 2.30 bits per heavy atom. The fourth-order valence-electron chi connectivity index (χ4n) is 4.27. The molecule has 1 unspecified atom stereocenters. The largest absolute Gasteiger partial charge is 0.466 e. The maximum atomic E-state index is 13.2. The number of carbonyl (C=O) groups excluding carboxylic acids is 3. The molecule has 0 fully saturated rings. The SMILES string of the molecule is COC(=O)C1=C(C(=O)OC)N(c2cc(NC(=O)CC(C)C)ccc2C)C(N)=C(C#N)C1c1ccccc1. The van der Waals surface area contributed by atoms with Crippen LogP contribution >= 0.6 is 0 Å². The minimum absolute atomic E-state index is 0.0434. The minimum Gasteiger partial charge on any atom is -0.466 e. The third-order valence-electron chi connectivity index (χ3n) is 5.94. The van der Waals surface area contributed by atoms with Crippen LogP contribution in [0.1, 0.15) is 37.3 Å². The third-order valence-corrected chi connectivity index (χ3v) is 5.94. The molecule has 2 aromatic rings. The number of allylic oxidation sites excluding steroid dienone is 1. The molecule has 0 saturated carbocycles. The molecule has 0 aromatic heterocycles. The summed E-state index contributed by atoms with van der Waals surface area (Å²) in [6.07, 6.45) is 0.326.